The summed E-state index contributed by atoms with van der Waals surface area (Å²) in [4.78, 5) is 47.3. The molecular weight excluding hydrogens is 368 g/mol. The predicted molar refractivity (Wildman–Crippen MR) is 93.4 cm³/mol. The summed E-state index contributed by atoms with van der Waals surface area (Å²) in [6, 6.07) is 7.13. The molecular formula is C19H15N2O7-. The lowest BCUT2D eigenvalue weighted by Gasteiger charge is -2.10. The van der Waals surface area contributed by atoms with E-state index in [1.165, 1.54) is 12.1 Å². The maximum atomic E-state index is 12.3. The molecule has 28 heavy (non-hydrogen) atoms. The molecule has 0 atom stereocenters. The summed E-state index contributed by atoms with van der Waals surface area (Å²) >= 11 is 0. The summed E-state index contributed by atoms with van der Waals surface area (Å²) in [6.07, 6.45) is 1.32. The first-order chi connectivity index (χ1) is 13.3. The smallest absolute Gasteiger partial charge is 0.329 e. The van der Waals surface area contributed by atoms with Crippen LogP contribution in [0.15, 0.2) is 40.4 Å². The Bertz CT molecular complexity index is 1020. The number of amides is 3. The van der Waals surface area contributed by atoms with Crippen molar-refractivity contribution >= 4 is 30.0 Å². The van der Waals surface area contributed by atoms with Gasteiger partial charge in [0.2, 0.25) is 0 Å². The fourth-order valence-corrected chi connectivity index (χ4v) is 2.75. The lowest BCUT2D eigenvalue weighted by Crippen LogP contribution is -2.36. The van der Waals surface area contributed by atoms with E-state index in [0.717, 1.165) is 12.0 Å². The standard InChI is InChI=1S/C19H16N2O7/c1-10-12(4-3-5-13(10)18(24)25)15-7-6-11(28-15)8-14-17(23)21(19(26)20-14)9-16(22)27-2/h3-8H,9H2,1-2H3,(H,20,26)(H,24,25)/p-1/b14-8+. The number of carbonyl (C=O) groups excluding carboxylic acids is 4. The van der Waals surface area contributed by atoms with Crippen LogP contribution < -0.4 is 10.4 Å². The molecule has 0 unspecified atom stereocenters. The van der Waals surface area contributed by atoms with E-state index in [1.807, 2.05) is 0 Å². The summed E-state index contributed by atoms with van der Waals surface area (Å²) in [5.41, 5.74) is 1.02. The van der Waals surface area contributed by atoms with Crippen LogP contribution >= 0.6 is 0 Å². The van der Waals surface area contributed by atoms with Gasteiger partial charge in [-0.15, -0.1) is 0 Å². The van der Waals surface area contributed by atoms with Gasteiger partial charge in [0.1, 0.15) is 23.8 Å². The van der Waals surface area contributed by atoms with Crippen molar-refractivity contribution in [3.63, 3.8) is 0 Å². The minimum absolute atomic E-state index is 0.0468. The van der Waals surface area contributed by atoms with Crippen LogP contribution in [0.5, 0.6) is 0 Å². The fraction of sp³-hybridized carbons (Fsp3) is 0.158. The summed E-state index contributed by atoms with van der Waals surface area (Å²) in [7, 11) is 1.15. The van der Waals surface area contributed by atoms with Crippen LogP contribution in [0.4, 0.5) is 4.79 Å². The zero-order chi connectivity index (χ0) is 20.4. The second-order valence-corrected chi connectivity index (χ2v) is 5.92. The highest BCUT2D eigenvalue weighted by Crippen LogP contribution is 2.28. The minimum Gasteiger partial charge on any atom is -0.545 e. The predicted octanol–water partition coefficient (Wildman–Crippen LogP) is 0.684. The molecule has 1 aromatic carbocycles. The molecule has 0 bridgehead atoms. The highest BCUT2D eigenvalue weighted by Gasteiger charge is 2.35. The number of carboxylic acid groups (broad SMARTS) is 1. The van der Waals surface area contributed by atoms with Crippen LogP contribution in [0, 0.1) is 6.92 Å². The number of carboxylic acids is 1. The third-order valence-electron chi connectivity index (χ3n) is 4.21. The van der Waals surface area contributed by atoms with Crippen LogP contribution in [0.1, 0.15) is 21.7 Å². The molecule has 2 heterocycles. The topological polar surface area (TPSA) is 129 Å². The van der Waals surface area contributed by atoms with Gasteiger partial charge >= 0.3 is 12.0 Å². The Hall–Kier alpha value is -3.88. The number of esters is 1. The lowest BCUT2D eigenvalue weighted by atomic mass is 10.0. The molecule has 3 rings (SSSR count). The molecule has 9 nitrogen and oxygen atoms in total. The van der Waals surface area contributed by atoms with Crippen LogP contribution in [-0.4, -0.2) is 42.4 Å². The number of imide groups is 1. The monoisotopic (exact) mass is 383 g/mol. The summed E-state index contributed by atoms with van der Waals surface area (Å²) < 4.78 is 10.1. The van der Waals surface area contributed by atoms with E-state index >= 15 is 0 Å². The second-order valence-electron chi connectivity index (χ2n) is 5.92. The van der Waals surface area contributed by atoms with Gasteiger partial charge in [-0.25, -0.2) is 9.69 Å². The molecule has 1 aliphatic heterocycles. The number of benzene rings is 1. The Balaban J connectivity index is 1.87. The largest absolute Gasteiger partial charge is 0.545 e. The first kappa shape index (κ1) is 18.9. The van der Waals surface area contributed by atoms with E-state index in [-0.39, 0.29) is 17.0 Å². The van der Waals surface area contributed by atoms with E-state index < -0.39 is 30.4 Å². The van der Waals surface area contributed by atoms with Crippen molar-refractivity contribution in [2.75, 3.05) is 13.7 Å². The molecule has 1 N–H and O–H groups in total. The molecule has 3 amide bonds. The molecule has 1 fully saturated rings. The number of methoxy groups -OCH3 is 1. The van der Waals surface area contributed by atoms with Gasteiger partial charge in [0.05, 0.1) is 13.1 Å². The third kappa shape index (κ3) is 3.50. The Kier molecular flexibility index (Phi) is 4.99. The molecule has 2 aromatic rings. The number of furan rings is 1. The first-order valence-corrected chi connectivity index (χ1v) is 8.14. The molecule has 9 heteroatoms. The highest BCUT2D eigenvalue weighted by atomic mass is 16.5. The number of ether oxygens (including phenoxy) is 1. The van der Waals surface area contributed by atoms with Gasteiger partial charge in [0.25, 0.3) is 5.91 Å². The minimum atomic E-state index is -1.29. The Morgan fingerprint density at radius 1 is 1.25 bits per heavy atom. The van der Waals surface area contributed by atoms with Gasteiger partial charge in [-0.05, 0) is 24.6 Å². The van der Waals surface area contributed by atoms with E-state index in [2.05, 4.69) is 10.1 Å². The molecule has 0 aliphatic carbocycles. The molecule has 1 saturated heterocycles. The van der Waals surface area contributed by atoms with Crippen LogP contribution in [-0.2, 0) is 14.3 Å². The zero-order valence-corrected chi connectivity index (χ0v) is 15.0. The number of hydrogen-bond acceptors (Lipinski definition) is 7. The van der Waals surface area contributed by atoms with Crippen molar-refractivity contribution in [1.82, 2.24) is 10.2 Å². The van der Waals surface area contributed by atoms with Gasteiger partial charge in [0.15, 0.2) is 0 Å². The molecule has 0 radical (unpaired) electrons. The van der Waals surface area contributed by atoms with Gasteiger partial charge < -0.3 is 24.4 Å². The fourth-order valence-electron chi connectivity index (χ4n) is 2.75. The number of hydrogen-bond donors (Lipinski definition) is 1. The van der Waals surface area contributed by atoms with E-state index in [4.69, 9.17) is 4.42 Å². The Morgan fingerprint density at radius 2 is 2.00 bits per heavy atom. The summed E-state index contributed by atoms with van der Waals surface area (Å²) in [6.45, 7) is 1.13. The maximum absolute atomic E-state index is 12.3. The van der Waals surface area contributed by atoms with E-state index in [1.54, 1.807) is 31.2 Å². The number of nitrogens with zero attached hydrogens (tertiary/aromatic N) is 1. The van der Waals surface area contributed by atoms with Gasteiger partial charge in [-0.1, -0.05) is 18.2 Å². The maximum Gasteiger partial charge on any atom is 0.329 e. The number of nitrogens with one attached hydrogen (secondary N) is 1. The van der Waals surface area contributed by atoms with Crippen molar-refractivity contribution in [2.45, 2.75) is 6.92 Å². The third-order valence-corrected chi connectivity index (χ3v) is 4.21. The second kappa shape index (κ2) is 7.39. The number of rotatable bonds is 5. The van der Waals surface area contributed by atoms with Crippen molar-refractivity contribution in [2.24, 2.45) is 0 Å². The van der Waals surface area contributed by atoms with E-state index in [0.29, 0.717) is 16.9 Å². The number of urea groups is 1. The number of aromatic carboxylic acids is 1. The SMILES string of the molecule is COC(=O)CN1C(=O)N/C(=C/c2ccc(-c3cccc(C(=O)[O-])c3C)o2)C1=O. The van der Waals surface area contributed by atoms with Gasteiger partial charge in [0, 0.05) is 17.2 Å². The summed E-state index contributed by atoms with van der Waals surface area (Å²) in [5.74, 6) is -2.07. The summed E-state index contributed by atoms with van der Waals surface area (Å²) in [5, 5.41) is 13.5. The normalized spacial score (nSPS) is 15.1. The Labute approximate surface area is 159 Å². The lowest BCUT2D eigenvalue weighted by molar-refractivity contribution is -0.255. The molecule has 144 valence electrons. The molecule has 1 aromatic heterocycles. The van der Waals surface area contributed by atoms with Crippen molar-refractivity contribution in [3.8, 4) is 11.3 Å². The zero-order valence-electron chi connectivity index (χ0n) is 15.0. The van der Waals surface area contributed by atoms with Crippen molar-refractivity contribution < 1.29 is 33.4 Å². The van der Waals surface area contributed by atoms with E-state index in [9.17, 15) is 24.3 Å². The highest BCUT2D eigenvalue weighted by molar-refractivity contribution is 6.15. The van der Waals surface area contributed by atoms with Gasteiger partial charge in [-0.2, -0.15) is 0 Å². The number of carbonyl (C=O) groups is 4. The van der Waals surface area contributed by atoms with Crippen molar-refractivity contribution in [3.05, 3.63) is 52.9 Å². The van der Waals surface area contributed by atoms with Crippen LogP contribution in [0.25, 0.3) is 17.4 Å². The van der Waals surface area contributed by atoms with Crippen molar-refractivity contribution in [1.29, 1.82) is 0 Å². The quantitative estimate of drug-likeness (QED) is 0.457. The molecule has 1 aliphatic rings. The average molecular weight is 383 g/mol. The first-order valence-electron chi connectivity index (χ1n) is 8.14. The van der Waals surface area contributed by atoms with Crippen LogP contribution in [0.2, 0.25) is 0 Å². The average Bonchev–Trinajstić information content (AvgIpc) is 3.22. The Morgan fingerprint density at radius 3 is 2.68 bits per heavy atom. The molecule has 0 spiro atoms. The van der Waals surface area contributed by atoms with Gasteiger partial charge in [-0.3, -0.25) is 9.59 Å². The van der Waals surface area contributed by atoms with Crippen LogP contribution in [0.3, 0.4) is 0 Å². The molecule has 0 saturated carbocycles.